The first-order chi connectivity index (χ1) is 16.5. The number of nitrogens with zero attached hydrogens (tertiary/aromatic N) is 4. The Kier molecular flexibility index (Phi) is 8.37. The summed E-state index contributed by atoms with van der Waals surface area (Å²) < 4.78 is 13.1. The Morgan fingerprint density at radius 3 is 2.18 bits per heavy atom. The highest BCUT2D eigenvalue weighted by Gasteiger charge is 2.23. The number of piperazine rings is 2. The van der Waals surface area contributed by atoms with Gasteiger partial charge in [-0.05, 0) is 36.4 Å². The third-order valence-electron chi connectivity index (χ3n) is 6.45. The van der Waals surface area contributed by atoms with Gasteiger partial charge in [0.25, 0.3) is 0 Å². The summed E-state index contributed by atoms with van der Waals surface area (Å²) in [6.45, 7) is 7.21. The minimum absolute atomic E-state index is 0.0727. The number of nitrogens with one attached hydrogen (secondary N) is 1. The fourth-order valence-electron chi connectivity index (χ4n) is 4.40. The van der Waals surface area contributed by atoms with E-state index in [-0.39, 0.29) is 17.6 Å². The van der Waals surface area contributed by atoms with E-state index >= 15 is 0 Å². The van der Waals surface area contributed by atoms with E-state index in [1.165, 1.54) is 12.1 Å². The van der Waals surface area contributed by atoms with Gasteiger partial charge in [-0.2, -0.15) is 0 Å². The van der Waals surface area contributed by atoms with Gasteiger partial charge in [-0.3, -0.25) is 14.5 Å². The third kappa shape index (κ3) is 6.68. The van der Waals surface area contributed by atoms with Crippen LogP contribution >= 0.6 is 11.6 Å². The third-order valence-corrected chi connectivity index (χ3v) is 6.78. The minimum Gasteiger partial charge on any atom is -0.368 e. The van der Waals surface area contributed by atoms with Crippen molar-refractivity contribution in [3.8, 4) is 0 Å². The molecule has 2 saturated heterocycles. The average molecular weight is 488 g/mol. The second kappa shape index (κ2) is 11.6. The molecule has 4 rings (SSSR count). The van der Waals surface area contributed by atoms with Crippen LogP contribution in [0.15, 0.2) is 48.5 Å². The molecule has 7 nitrogen and oxygen atoms in total. The smallest absolute Gasteiger partial charge is 0.238 e. The van der Waals surface area contributed by atoms with Gasteiger partial charge in [0, 0.05) is 71.0 Å². The largest absolute Gasteiger partial charge is 0.368 e. The molecule has 2 aliphatic heterocycles. The van der Waals surface area contributed by atoms with Gasteiger partial charge in [0.1, 0.15) is 5.82 Å². The molecule has 182 valence electrons. The molecule has 0 saturated carbocycles. The van der Waals surface area contributed by atoms with Gasteiger partial charge in [0.15, 0.2) is 0 Å². The second-order valence-corrected chi connectivity index (χ2v) is 9.15. The number of hydrogen-bond donors (Lipinski definition) is 1. The first-order valence-corrected chi connectivity index (χ1v) is 12.1. The number of rotatable bonds is 7. The zero-order valence-corrected chi connectivity index (χ0v) is 20.0. The van der Waals surface area contributed by atoms with E-state index in [1.54, 1.807) is 24.3 Å². The molecule has 2 aromatic carbocycles. The molecule has 2 aromatic rings. The molecule has 0 spiro atoms. The van der Waals surface area contributed by atoms with Crippen LogP contribution in [0.2, 0.25) is 5.02 Å². The molecule has 2 heterocycles. The van der Waals surface area contributed by atoms with Crippen molar-refractivity contribution >= 4 is 34.8 Å². The van der Waals surface area contributed by atoms with Crippen LogP contribution in [0.5, 0.6) is 0 Å². The lowest BCUT2D eigenvalue weighted by molar-refractivity contribution is -0.131. The predicted octanol–water partition coefficient (Wildman–Crippen LogP) is 2.77. The Morgan fingerprint density at radius 1 is 0.853 bits per heavy atom. The summed E-state index contributed by atoms with van der Waals surface area (Å²) >= 11 is 6.11. The lowest BCUT2D eigenvalue weighted by atomic mass is 10.2. The van der Waals surface area contributed by atoms with Crippen molar-refractivity contribution in [2.24, 2.45) is 0 Å². The summed E-state index contributed by atoms with van der Waals surface area (Å²) in [7, 11) is 0. The van der Waals surface area contributed by atoms with Crippen molar-refractivity contribution in [3.05, 3.63) is 59.4 Å². The maximum absolute atomic E-state index is 13.1. The molecule has 1 N–H and O–H groups in total. The molecule has 0 unspecified atom stereocenters. The van der Waals surface area contributed by atoms with Crippen LogP contribution < -0.4 is 10.2 Å². The van der Waals surface area contributed by atoms with E-state index in [0.717, 1.165) is 51.5 Å². The lowest BCUT2D eigenvalue weighted by Crippen LogP contribution is -2.51. The number of hydrogen-bond acceptors (Lipinski definition) is 5. The topological polar surface area (TPSA) is 59.1 Å². The quantitative estimate of drug-likeness (QED) is 0.651. The SMILES string of the molecule is O=C(CN1CCN(CCC(=O)N2CCN(c3ccc(F)cc3)CC2)CC1)Nc1ccccc1Cl. The fraction of sp³-hybridized carbons (Fsp3) is 0.440. The molecule has 2 aliphatic rings. The van der Waals surface area contributed by atoms with Gasteiger partial charge >= 0.3 is 0 Å². The molecular weight excluding hydrogens is 457 g/mol. The maximum atomic E-state index is 13.1. The summed E-state index contributed by atoms with van der Waals surface area (Å²) in [5, 5.41) is 3.39. The van der Waals surface area contributed by atoms with Crippen LogP contribution in [0.25, 0.3) is 0 Å². The van der Waals surface area contributed by atoms with Crippen molar-refractivity contribution in [1.29, 1.82) is 0 Å². The van der Waals surface area contributed by atoms with Crippen LogP contribution in [-0.4, -0.2) is 92.0 Å². The van der Waals surface area contributed by atoms with E-state index in [2.05, 4.69) is 20.0 Å². The second-order valence-electron chi connectivity index (χ2n) is 8.74. The highest BCUT2D eigenvalue weighted by Crippen LogP contribution is 2.20. The van der Waals surface area contributed by atoms with Crippen molar-refractivity contribution in [3.63, 3.8) is 0 Å². The summed E-state index contributed by atoms with van der Waals surface area (Å²) in [5.74, 6) is -0.129. The number of amides is 2. The zero-order valence-electron chi connectivity index (χ0n) is 19.3. The van der Waals surface area contributed by atoms with Crippen molar-refractivity contribution < 1.29 is 14.0 Å². The first-order valence-electron chi connectivity index (χ1n) is 11.8. The molecule has 2 amide bonds. The van der Waals surface area contributed by atoms with Gasteiger partial charge in [0.2, 0.25) is 11.8 Å². The number of carbonyl (C=O) groups is 2. The molecule has 2 fully saturated rings. The van der Waals surface area contributed by atoms with Gasteiger partial charge in [0.05, 0.1) is 17.3 Å². The summed E-state index contributed by atoms with van der Waals surface area (Å²) in [5.41, 5.74) is 1.62. The van der Waals surface area contributed by atoms with Gasteiger partial charge < -0.3 is 20.0 Å². The van der Waals surface area contributed by atoms with Crippen LogP contribution in [0, 0.1) is 5.82 Å². The predicted molar refractivity (Wildman–Crippen MR) is 133 cm³/mol. The number of anilines is 2. The standard InChI is InChI=1S/C25H31ClFN5O2/c26-22-3-1-2-4-23(22)28-24(33)19-30-13-11-29(12-14-30)10-9-25(34)32-17-15-31(16-18-32)21-7-5-20(27)6-8-21/h1-8H,9-19H2,(H,28,33). The first kappa shape index (κ1) is 24.4. The monoisotopic (exact) mass is 487 g/mol. The Labute approximate surface area is 205 Å². The Bertz CT molecular complexity index is 974. The molecule has 0 atom stereocenters. The van der Waals surface area contributed by atoms with E-state index < -0.39 is 0 Å². The average Bonchev–Trinajstić information content (AvgIpc) is 2.85. The van der Waals surface area contributed by atoms with Gasteiger partial charge in [-0.15, -0.1) is 0 Å². The van der Waals surface area contributed by atoms with Crippen LogP contribution in [0.3, 0.4) is 0 Å². The van der Waals surface area contributed by atoms with Crippen LogP contribution in [0.4, 0.5) is 15.8 Å². The fourth-order valence-corrected chi connectivity index (χ4v) is 4.59. The van der Waals surface area contributed by atoms with Crippen molar-refractivity contribution in [2.75, 3.05) is 75.7 Å². The molecular formula is C25H31ClFN5O2. The summed E-state index contributed by atoms with van der Waals surface area (Å²) in [4.78, 5) is 33.6. The normalized spacial score (nSPS) is 17.6. The lowest BCUT2D eigenvalue weighted by Gasteiger charge is -2.37. The molecule has 0 radical (unpaired) electrons. The van der Waals surface area contributed by atoms with E-state index in [4.69, 9.17) is 11.6 Å². The Hall–Kier alpha value is -2.68. The molecule has 9 heteroatoms. The molecule has 0 aromatic heterocycles. The van der Waals surface area contributed by atoms with Gasteiger partial charge in [-0.25, -0.2) is 4.39 Å². The number of halogens is 2. The van der Waals surface area contributed by atoms with Crippen LogP contribution in [0.1, 0.15) is 6.42 Å². The number of para-hydroxylation sites is 1. The van der Waals surface area contributed by atoms with E-state index in [9.17, 15) is 14.0 Å². The van der Waals surface area contributed by atoms with E-state index in [1.807, 2.05) is 17.0 Å². The van der Waals surface area contributed by atoms with Crippen molar-refractivity contribution in [1.82, 2.24) is 14.7 Å². The molecule has 0 aliphatic carbocycles. The summed E-state index contributed by atoms with van der Waals surface area (Å²) in [6.07, 6.45) is 0.504. The summed E-state index contributed by atoms with van der Waals surface area (Å²) in [6, 6.07) is 13.7. The Balaban J connectivity index is 1.13. The highest BCUT2D eigenvalue weighted by atomic mass is 35.5. The molecule has 0 bridgehead atoms. The number of benzene rings is 2. The van der Waals surface area contributed by atoms with Gasteiger partial charge in [-0.1, -0.05) is 23.7 Å². The van der Waals surface area contributed by atoms with Crippen LogP contribution in [-0.2, 0) is 9.59 Å². The van der Waals surface area contributed by atoms with Crippen molar-refractivity contribution in [2.45, 2.75) is 6.42 Å². The zero-order chi connectivity index (χ0) is 23.9. The molecule has 34 heavy (non-hydrogen) atoms. The Morgan fingerprint density at radius 2 is 1.50 bits per heavy atom. The highest BCUT2D eigenvalue weighted by molar-refractivity contribution is 6.33. The minimum atomic E-state index is -0.237. The maximum Gasteiger partial charge on any atom is 0.238 e. The van der Waals surface area contributed by atoms with E-state index in [0.29, 0.717) is 36.8 Å². The number of carbonyl (C=O) groups excluding carboxylic acids is 2.